The van der Waals surface area contributed by atoms with Gasteiger partial charge in [0.25, 0.3) is 5.95 Å². The van der Waals surface area contributed by atoms with E-state index in [4.69, 9.17) is 10.3 Å². The first-order valence-electron chi connectivity index (χ1n) is 3.02. The van der Waals surface area contributed by atoms with Crippen molar-refractivity contribution in [2.75, 3.05) is 5.73 Å². The third-order valence-electron chi connectivity index (χ3n) is 1.05. The molecule has 0 unspecified atom stereocenters. The smallest absolute Gasteiger partial charge is 0.260 e. The van der Waals surface area contributed by atoms with Crippen LogP contribution in [0.4, 0.5) is 5.95 Å². The largest absolute Gasteiger partial charge is 0.365 e. The molecule has 0 aromatic carbocycles. The highest BCUT2D eigenvalue weighted by Gasteiger charge is 1.99. The molecule has 1 heterocycles. The maximum atomic E-state index is 5.21. The van der Waals surface area contributed by atoms with Crippen LogP contribution in [0, 0.1) is 0 Å². The zero-order valence-corrected chi connectivity index (χ0v) is 5.58. The maximum Gasteiger partial charge on any atom is 0.260 e. The summed E-state index contributed by atoms with van der Waals surface area (Å²) in [5, 5.41) is 3.43. The second kappa shape index (κ2) is 3.00. The van der Waals surface area contributed by atoms with Gasteiger partial charge in [-0.3, -0.25) is 0 Å². The number of rotatable bonds is 3. The van der Waals surface area contributed by atoms with Crippen molar-refractivity contribution in [3.63, 3.8) is 0 Å². The third-order valence-corrected chi connectivity index (χ3v) is 1.05. The van der Waals surface area contributed by atoms with Gasteiger partial charge in [0.05, 0.1) is 0 Å². The summed E-state index contributed by atoms with van der Waals surface area (Å²) in [7, 11) is 0. The van der Waals surface area contributed by atoms with Gasteiger partial charge in [-0.05, 0) is 11.6 Å². The van der Waals surface area contributed by atoms with E-state index >= 15 is 0 Å². The maximum absolute atomic E-state index is 5.21. The standard InChI is InChI=1S/C6H9N3O/c1-2-3-4-5-8-6(7)9-10-5/h2H,1,3-4H2,(H2,7,9). The predicted octanol–water partition coefficient (Wildman–Crippen LogP) is 0.770. The van der Waals surface area contributed by atoms with Crippen LogP contribution >= 0.6 is 0 Å². The van der Waals surface area contributed by atoms with Crippen LogP contribution in [0.15, 0.2) is 17.2 Å². The summed E-state index contributed by atoms with van der Waals surface area (Å²) in [6, 6.07) is 0. The fraction of sp³-hybridized carbons (Fsp3) is 0.333. The minimum atomic E-state index is 0.194. The molecule has 10 heavy (non-hydrogen) atoms. The minimum absolute atomic E-state index is 0.194. The van der Waals surface area contributed by atoms with E-state index in [1.54, 1.807) is 6.08 Å². The predicted molar refractivity (Wildman–Crippen MR) is 37.2 cm³/mol. The first-order chi connectivity index (χ1) is 4.83. The number of allylic oxidation sites excluding steroid dienone is 1. The molecule has 0 amide bonds. The van der Waals surface area contributed by atoms with Crippen LogP contribution in [0.5, 0.6) is 0 Å². The highest BCUT2D eigenvalue weighted by atomic mass is 16.5. The number of nitrogen functional groups attached to an aromatic ring is 1. The first-order valence-corrected chi connectivity index (χ1v) is 3.02. The lowest BCUT2D eigenvalue weighted by atomic mass is 10.3. The topological polar surface area (TPSA) is 64.9 Å². The normalized spacial score (nSPS) is 9.60. The van der Waals surface area contributed by atoms with Crippen molar-refractivity contribution < 1.29 is 4.52 Å². The van der Waals surface area contributed by atoms with Crippen molar-refractivity contribution in [3.8, 4) is 0 Å². The van der Waals surface area contributed by atoms with Crippen LogP contribution in [-0.2, 0) is 6.42 Å². The van der Waals surface area contributed by atoms with Crippen LogP contribution in [0.1, 0.15) is 12.3 Å². The quantitative estimate of drug-likeness (QED) is 0.628. The molecule has 1 rings (SSSR count). The Bertz CT molecular complexity index is 219. The zero-order chi connectivity index (χ0) is 7.40. The molecule has 0 saturated heterocycles. The average Bonchev–Trinajstić information content (AvgIpc) is 2.31. The Kier molecular flexibility index (Phi) is 2.04. The summed E-state index contributed by atoms with van der Waals surface area (Å²) in [4.78, 5) is 3.80. The second-order valence-corrected chi connectivity index (χ2v) is 1.87. The van der Waals surface area contributed by atoms with E-state index in [1.807, 2.05) is 0 Å². The van der Waals surface area contributed by atoms with E-state index in [-0.39, 0.29) is 5.95 Å². The zero-order valence-electron chi connectivity index (χ0n) is 5.58. The summed E-state index contributed by atoms with van der Waals surface area (Å²) >= 11 is 0. The van der Waals surface area contributed by atoms with Gasteiger partial charge in [0.1, 0.15) is 0 Å². The molecule has 0 radical (unpaired) electrons. The van der Waals surface area contributed by atoms with Crippen LogP contribution in [0.2, 0.25) is 0 Å². The Balaban J connectivity index is 2.49. The Hall–Kier alpha value is -1.32. The monoisotopic (exact) mass is 139 g/mol. The van der Waals surface area contributed by atoms with E-state index in [2.05, 4.69) is 16.7 Å². The highest BCUT2D eigenvalue weighted by molar-refractivity contribution is 5.10. The summed E-state index contributed by atoms with van der Waals surface area (Å²) in [6.45, 7) is 3.56. The minimum Gasteiger partial charge on any atom is -0.365 e. The Morgan fingerprint density at radius 3 is 3.00 bits per heavy atom. The molecule has 1 aromatic rings. The van der Waals surface area contributed by atoms with Gasteiger partial charge >= 0.3 is 0 Å². The van der Waals surface area contributed by atoms with Gasteiger partial charge in [-0.25, -0.2) is 0 Å². The number of hydrogen-bond acceptors (Lipinski definition) is 4. The molecule has 4 heteroatoms. The van der Waals surface area contributed by atoms with Crippen LogP contribution in [0.3, 0.4) is 0 Å². The molecule has 0 saturated carbocycles. The van der Waals surface area contributed by atoms with Crippen LogP contribution < -0.4 is 5.73 Å². The SMILES string of the molecule is C=CCCc1nc(N)no1. The molecule has 0 fully saturated rings. The Morgan fingerprint density at radius 2 is 2.50 bits per heavy atom. The molecule has 0 spiro atoms. The average molecular weight is 139 g/mol. The van der Waals surface area contributed by atoms with Gasteiger partial charge in [0.15, 0.2) is 0 Å². The summed E-state index contributed by atoms with van der Waals surface area (Å²) in [5.41, 5.74) is 5.21. The van der Waals surface area contributed by atoms with E-state index in [9.17, 15) is 0 Å². The van der Waals surface area contributed by atoms with Crippen LogP contribution in [0.25, 0.3) is 0 Å². The molecule has 4 nitrogen and oxygen atoms in total. The van der Waals surface area contributed by atoms with Crippen molar-refractivity contribution in [2.45, 2.75) is 12.8 Å². The van der Waals surface area contributed by atoms with Crippen molar-refractivity contribution in [1.29, 1.82) is 0 Å². The molecule has 1 aromatic heterocycles. The number of aromatic nitrogens is 2. The number of hydrogen-bond donors (Lipinski definition) is 1. The molecule has 0 atom stereocenters. The number of aryl methyl sites for hydroxylation is 1. The fourth-order valence-electron chi connectivity index (χ4n) is 0.595. The molecule has 0 aliphatic rings. The van der Waals surface area contributed by atoms with Crippen molar-refractivity contribution >= 4 is 5.95 Å². The van der Waals surface area contributed by atoms with Crippen molar-refractivity contribution in [3.05, 3.63) is 18.5 Å². The van der Waals surface area contributed by atoms with Crippen molar-refractivity contribution in [2.24, 2.45) is 0 Å². The van der Waals surface area contributed by atoms with E-state index < -0.39 is 0 Å². The molecular formula is C6H9N3O. The van der Waals surface area contributed by atoms with Crippen molar-refractivity contribution in [1.82, 2.24) is 10.1 Å². The lowest BCUT2D eigenvalue weighted by molar-refractivity contribution is 0.380. The lowest BCUT2D eigenvalue weighted by Crippen LogP contribution is -1.87. The highest BCUT2D eigenvalue weighted by Crippen LogP contribution is 2.00. The Labute approximate surface area is 58.7 Å². The second-order valence-electron chi connectivity index (χ2n) is 1.87. The van der Waals surface area contributed by atoms with Gasteiger partial charge in [-0.1, -0.05) is 6.08 Å². The molecule has 2 N–H and O–H groups in total. The molecule has 54 valence electrons. The van der Waals surface area contributed by atoms with E-state index in [0.29, 0.717) is 12.3 Å². The van der Waals surface area contributed by atoms with Gasteiger partial charge in [0, 0.05) is 6.42 Å². The third kappa shape index (κ3) is 1.58. The summed E-state index contributed by atoms with van der Waals surface area (Å²) in [6.07, 6.45) is 3.34. The van der Waals surface area contributed by atoms with Crippen LogP contribution in [-0.4, -0.2) is 10.1 Å². The summed E-state index contributed by atoms with van der Waals surface area (Å²) in [5.74, 6) is 0.761. The number of nitrogens with two attached hydrogens (primary N) is 1. The number of nitrogens with zero attached hydrogens (tertiary/aromatic N) is 2. The van der Waals surface area contributed by atoms with Gasteiger partial charge < -0.3 is 10.3 Å². The molecule has 0 aliphatic carbocycles. The van der Waals surface area contributed by atoms with Gasteiger partial charge in [-0.2, -0.15) is 4.98 Å². The molecular weight excluding hydrogens is 130 g/mol. The number of anilines is 1. The molecule has 0 aliphatic heterocycles. The molecule has 0 bridgehead atoms. The summed E-state index contributed by atoms with van der Waals surface area (Å²) < 4.78 is 4.73. The fourth-order valence-corrected chi connectivity index (χ4v) is 0.595. The first kappa shape index (κ1) is 6.80. The van der Waals surface area contributed by atoms with E-state index in [1.165, 1.54) is 0 Å². The van der Waals surface area contributed by atoms with Gasteiger partial charge in [0.2, 0.25) is 5.89 Å². The Morgan fingerprint density at radius 1 is 1.70 bits per heavy atom. The van der Waals surface area contributed by atoms with Gasteiger partial charge in [-0.15, -0.1) is 6.58 Å². The lowest BCUT2D eigenvalue weighted by Gasteiger charge is -1.83. The van der Waals surface area contributed by atoms with E-state index in [0.717, 1.165) is 6.42 Å².